The lowest BCUT2D eigenvalue weighted by atomic mass is 10.1. The molecule has 1 aliphatic heterocycles. The van der Waals surface area contributed by atoms with E-state index in [2.05, 4.69) is 0 Å². The van der Waals surface area contributed by atoms with Crippen molar-refractivity contribution in [2.75, 3.05) is 23.9 Å². The van der Waals surface area contributed by atoms with E-state index in [1.807, 2.05) is 45.0 Å². The highest BCUT2D eigenvalue weighted by atomic mass is 32.2. The van der Waals surface area contributed by atoms with E-state index in [0.29, 0.717) is 34.1 Å². The lowest BCUT2D eigenvalue weighted by Crippen LogP contribution is -2.31. The molecular formula is C23H25NO4S. The van der Waals surface area contributed by atoms with Crippen LogP contribution in [-0.4, -0.2) is 35.9 Å². The summed E-state index contributed by atoms with van der Waals surface area (Å²) in [4.78, 5) is 28.0. The van der Waals surface area contributed by atoms with Crippen molar-refractivity contribution in [1.82, 2.24) is 0 Å². The van der Waals surface area contributed by atoms with Gasteiger partial charge in [0.25, 0.3) is 11.8 Å². The number of aryl methyl sites for hydroxylation is 2. The van der Waals surface area contributed by atoms with Crippen LogP contribution < -0.4 is 9.64 Å². The standard InChI is InChI=1S/C23H25NO4S/c1-4-12-28-19-9-6-17(7-10-19)20-21(29-13-11-25)23(27)24(22(20)26)18-8-5-15(2)16(3)14-18/h5-10,14,25H,4,11-13H2,1-3H3. The number of nitrogens with zero attached hydrogens (tertiary/aromatic N) is 1. The number of aliphatic hydroxyl groups excluding tert-OH is 1. The van der Waals surface area contributed by atoms with Gasteiger partial charge in [-0.2, -0.15) is 0 Å². The third-order valence-corrected chi connectivity index (χ3v) is 5.80. The van der Waals surface area contributed by atoms with Crippen LogP contribution >= 0.6 is 11.8 Å². The third-order valence-electron chi connectivity index (χ3n) is 4.74. The monoisotopic (exact) mass is 411 g/mol. The fourth-order valence-electron chi connectivity index (χ4n) is 3.08. The molecule has 0 saturated carbocycles. The Balaban J connectivity index is 1.99. The number of thioether (sulfide) groups is 1. The van der Waals surface area contributed by atoms with Crippen LogP contribution in [-0.2, 0) is 9.59 Å². The normalized spacial score (nSPS) is 14.1. The van der Waals surface area contributed by atoms with Gasteiger partial charge in [-0.3, -0.25) is 9.59 Å². The minimum absolute atomic E-state index is 0.0731. The van der Waals surface area contributed by atoms with E-state index >= 15 is 0 Å². The van der Waals surface area contributed by atoms with Crippen molar-refractivity contribution in [1.29, 1.82) is 0 Å². The van der Waals surface area contributed by atoms with E-state index in [4.69, 9.17) is 4.74 Å². The van der Waals surface area contributed by atoms with Crippen molar-refractivity contribution in [3.05, 3.63) is 64.1 Å². The number of anilines is 1. The number of hydrogen-bond donors (Lipinski definition) is 1. The van der Waals surface area contributed by atoms with Gasteiger partial charge in [-0.15, -0.1) is 11.8 Å². The van der Waals surface area contributed by atoms with Crippen LogP contribution in [0.25, 0.3) is 5.57 Å². The van der Waals surface area contributed by atoms with Gasteiger partial charge in [0.15, 0.2) is 0 Å². The molecule has 6 heteroatoms. The Bertz CT molecular complexity index is 950. The Kier molecular flexibility index (Phi) is 6.77. The molecule has 0 atom stereocenters. The Morgan fingerprint density at radius 2 is 1.72 bits per heavy atom. The van der Waals surface area contributed by atoms with Crippen LogP contribution in [0.15, 0.2) is 47.4 Å². The van der Waals surface area contributed by atoms with Gasteiger partial charge in [-0.1, -0.05) is 25.1 Å². The van der Waals surface area contributed by atoms with Crippen molar-refractivity contribution in [3.8, 4) is 5.75 Å². The molecule has 0 fully saturated rings. The van der Waals surface area contributed by atoms with Crippen LogP contribution in [0.2, 0.25) is 0 Å². The molecule has 1 N–H and O–H groups in total. The summed E-state index contributed by atoms with van der Waals surface area (Å²) in [6.07, 6.45) is 0.909. The zero-order valence-corrected chi connectivity index (χ0v) is 17.7. The van der Waals surface area contributed by atoms with Crippen molar-refractivity contribution in [2.45, 2.75) is 27.2 Å². The van der Waals surface area contributed by atoms with Crippen LogP contribution in [0.4, 0.5) is 5.69 Å². The molecule has 29 heavy (non-hydrogen) atoms. The van der Waals surface area contributed by atoms with Gasteiger partial charge < -0.3 is 9.84 Å². The number of rotatable bonds is 8. The first kappa shape index (κ1) is 21.1. The molecule has 2 aromatic rings. The highest BCUT2D eigenvalue weighted by molar-refractivity contribution is 8.04. The molecule has 0 radical (unpaired) electrons. The summed E-state index contributed by atoms with van der Waals surface area (Å²) in [6.45, 7) is 6.53. The maximum atomic E-state index is 13.3. The third kappa shape index (κ3) is 4.38. The number of benzene rings is 2. The molecule has 0 bridgehead atoms. The molecule has 0 aliphatic carbocycles. The Morgan fingerprint density at radius 1 is 1.00 bits per heavy atom. The molecule has 0 saturated heterocycles. The fourth-order valence-corrected chi connectivity index (χ4v) is 3.94. The largest absolute Gasteiger partial charge is 0.494 e. The molecule has 2 amide bonds. The van der Waals surface area contributed by atoms with Crippen molar-refractivity contribution in [3.63, 3.8) is 0 Å². The zero-order valence-electron chi connectivity index (χ0n) is 16.9. The first-order chi connectivity index (χ1) is 14.0. The van der Waals surface area contributed by atoms with Crippen molar-refractivity contribution in [2.24, 2.45) is 0 Å². The minimum Gasteiger partial charge on any atom is -0.494 e. The van der Waals surface area contributed by atoms with Gasteiger partial charge in [-0.25, -0.2) is 4.90 Å². The number of imide groups is 1. The van der Waals surface area contributed by atoms with E-state index in [9.17, 15) is 14.7 Å². The summed E-state index contributed by atoms with van der Waals surface area (Å²) < 4.78 is 5.61. The van der Waals surface area contributed by atoms with Gasteiger partial charge in [0.2, 0.25) is 0 Å². The number of amides is 2. The summed E-state index contributed by atoms with van der Waals surface area (Å²) in [5.41, 5.74) is 3.70. The van der Waals surface area contributed by atoms with E-state index in [1.165, 1.54) is 16.7 Å². The van der Waals surface area contributed by atoms with E-state index in [0.717, 1.165) is 23.3 Å². The molecule has 1 heterocycles. The van der Waals surface area contributed by atoms with Crippen LogP contribution in [0.3, 0.4) is 0 Å². The maximum absolute atomic E-state index is 13.3. The number of aliphatic hydroxyl groups is 1. The molecular weight excluding hydrogens is 386 g/mol. The number of ether oxygens (including phenoxy) is 1. The van der Waals surface area contributed by atoms with Gasteiger partial charge in [0.05, 0.1) is 29.4 Å². The predicted molar refractivity (Wildman–Crippen MR) is 117 cm³/mol. The second kappa shape index (κ2) is 9.29. The second-order valence-corrected chi connectivity index (χ2v) is 7.97. The molecule has 0 aromatic heterocycles. The first-order valence-corrected chi connectivity index (χ1v) is 10.6. The summed E-state index contributed by atoms with van der Waals surface area (Å²) in [6, 6.07) is 12.8. The van der Waals surface area contributed by atoms with Gasteiger partial charge >= 0.3 is 0 Å². The Labute approximate surface area is 175 Å². The summed E-state index contributed by atoms with van der Waals surface area (Å²) in [7, 11) is 0. The lowest BCUT2D eigenvalue weighted by molar-refractivity contribution is -0.119. The SMILES string of the molecule is CCCOc1ccc(C2=C(SCCO)C(=O)N(c3ccc(C)c(C)c3)C2=O)cc1. The minimum atomic E-state index is -0.349. The number of carbonyl (C=O) groups is 2. The molecule has 0 unspecified atom stereocenters. The molecule has 152 valence electrons. The zero-order chi connectivity index (χ0) is 21.0. The summed E-state index contributed by atoms with van der Waals surface area (Å²) >= 11 is 1.21. The van der Waals surface area contributed by atoms with Gasteiger partial charge in [-0.05, 0) is 61.2 Å². The fraction of sp³-hybridized carbons (Fsp3) is 0.304. The topological polar surface area (TPSA) is 66.8 Å². The van der Waals surface area contributed by atoms with E-state index in [1.54, 1.807) is 18.2 Å². The number of carbonyl (C=O) groups excluding carboxylic acids is 2. The average Bonchev–Trinajstić information content (AvgIpc) is 2.97. The maximum Gasteiger partial charge on any atom is 0.272 e. The molecule has 1 aliphatic rings. The summed E-state index contributed by atoms with van der Waals surface area (Å²) in [5.74, 6) is 0.374. The molecule has 2 aromatic carbocycles. The lowest BCUT2D eigenvalue weighted by Gasteiger charge is -2.16. The van der Waals surface area contributed by atoms with E-state index < -0.39 is 0 Å². The highest BCUT2D eigenvalue weighted by Gasteiger charge is 2.40. The number of hydrogen-bond acceptors (Lipinski definition) is 5. The van der Waals surface area contributed by atoms with Crippen molar-refractivity contribution >= 4 is 34.8 Å². The Hall–Kier alpha value is -2.57. The van der Waals surface area contributed by atoms with Crippen LogP contribution in [0.1, 0.15) is 30.0 Å². The van der Waals surface area contributed by atoms with Gasteiger partial charge in [0, 0.05) is 5.75 Å². The smallest absolute Gasteiger partial charge is 0.272 e. The van der Waals surface area contributed by atoms with Crippen LogP contribution in [0, 0.1) is 13.8 Å². The average molecular weight is 412 g/mol. The molecule has 5 nitrogen and oxygen atoms in total. The van der Waals surface area contributed by atoms with Gasteiger partial charge in [0.1, 0.15) is 5.75 Å². The molecule has 0 spiro atoms. The predicted octanol–water partition coefficient (Wildman–Crippen LogP) is 4.10. The molecule has 3 rings (SSSR count). The van der Waals surface area contributed by atoms with Crippen molar-refractivity contribution < 1.29 is 19.4 Å². The quantitative estimate of drug-likeness (QED) is 0.663. The first-order valence-electron chi connectivity index (χ1n) is 9.65. The second-order valence-electron chi connectivity index (χ2n) is 6.86. The highest BCUT2D eigenvalue weighted by Crippen LogP contribution is 2.39. The van der Waals surface area contributed by atoms with Crippen LogP contribution in [0.5, 0.6) is 5.75 Å². The Morgan fingerprint density at radius 3 is 2.34 bits per heavy atom. The van der Waals surface area contributed by atoms with E-state index in [-0.39, 0.29) is 18.4 Å². The summed E-state index contributed by atoms with van der Waals surface area (Å²) in [5, 5.41) is 9.23.